The molecule has 0 heterocycles. The summed E-state index contributed by atoms with van der Waals surface area (Å²) in [5, 5.41) is 46.9. The van der Waals surface area contributed by atoms with Gasteiger partial charge in [-0.3, -0.25) is 19.2 Å². The molecule has 6 atom stereocenters. The second-order valence-electron chi connectivity index (χ2n) is 13.8. The fourth-order valence-electron chi connectivity index (χ4n) is 8.97. The van der Waals surface area contributed by atoms with Crippen molar-refractivity contribution in [1.82, 2.24) is 0 Å². The number of carbonyl (C=O) groups excluding carboxylic acids is 4. The lowest BCUT2D eigenvalue weighted by molar-refractivity contribution is -0.229. The van der Waals surface area contributed by atoms with Crippen molar-refractivity contribution in [3.63, 3.8) is 0 Å². The van der Waals surface area contributed by atoms with Crippen molar-refractivity contribution in [2.75, 3.05) is 0 Å². The van der Waals surface area contributed by atoms with E-state index in [1.54, 1.807) is 40.7 Å². The number of fused-ring (bicyclic) bond motifs is 3. The second-order valence-corrected chi connectivity index (χ2v) is 13.8. The number of allylic oxidation sites excluding steroid dienone is 1. The van der Waals surface area contributed by atoms with Crippen molar-refractivity contribution < 1.29 is 44.3 Å². The second kappa shape index (κ2) is 10.0. The first-order chi connectivity index (χ1) is 20.0. The molecule has 4 aliphatic rings. The van der Waals surface area contributed by atoms with E-state index in [2.05, 4.69) is 0 Å². The number of aliphatic hydroxyl groups excluding tert-OH is 2. The third-order valence-corrected chi connectivity index (χ3v) is 11.2. The molecule has 9 nitrogen and oxygen atoms in total. The maximum absolute atomic E-state index is 14.8. The predicted molar refractivity (Wildman–Crippen MR) is 157 cm³/mol. The summed E-state index contributed by atoms with van der Waals surface area (Å²) in [5.41, 5.74) is -6.12. The number of aryl methyl sites for hydroxylation is 1. The molecule has 4 aliphatic carbocycles. The van der Waals surface area contributed by atoms with Crippen molar-refractivity contribution in [2.24, 2.45) is 28.6 Å². The number of rotatable bonds is 4. The highest BCUT2D eigenvalue weighted by atomic mass is 16.5. The largest absolute Gasteiger partial charge is 0.508 e. The van der Waals surface area contributed by atoms with Gasteiger partial charge in [-0.1, -0.05) is 59.9 Å². The van der Waals surface area contributed by atoms with Gasteiger partial charge in [-0.15, -0.1) is 0 Å². The van der Waals surface area contributed by atoms with E-state index in [0.29, 0.717) is 24.0 Å². The van der Waals surface area contributed by atoms with E-state index < -0.39 is 86.6 Å². The Bertz CT molecular complexity index is 1510. The Morgan fingerprint density at radius 1 is 1.02 bits per heavy atom. The molecule has 5 rings (SSSR count). The van der Waals surface area contributed by atoms with E-state index in [1.165, 1.54) is 13.0 Å². The summed E-state index contributed by atoms with van der Waals surface area (Å²) in [7, 11) is 0. The molecule has 0 aliphatic heterocycles. The first-order valence-corrected chi connectivity index (χ1v) is 15.2. The van der Waals surface area contributed by atoms with Crippen LogP contribution in [0.5, 0.6) is 5.75 Å². The molecule has 43 heavy (non-hydrogen) atoms. The molecule has 0 saturated heterocycles. The van der Waals surface area contributed by atoms with Crippen LogP contribution in [-0.4, -0.2) is 55.5 Å². The van der Waals surface area contributed by atoms with Crippen LogP contribution in [0.25, 0.3) is 5.76 Å². The van der Waals surface area contributed by atoms with E-state index in [1.807, 2.05) is 0 Å². The molecule has 9 heteroatoms. The summed E-state index contributed by atoms with van der Waals surface area (Å²) in [6.45, 7) is 11.2. The molecule has 1 unspecified atom stereocenters. The Hall–Kier alpha value is -3.46. The van der Waals surface area contributed by atoms with E-state index >= 15 is 0 Å². The first-order valence-electron chi connectivity index (χ1n) is 15.2. The summed E-state index contributed by atoms with van der Waals surface area (Å²) in [4.78, 5) is 55.5. The van der Waals surface area contributed by atoms with Crippen LogP contribution in [0.1, 0.15) is 96.3 Å². The summed E-state index contributed by atoms with van der Waals surface area (Å²) in [6, 6.07) is 3.08. The number of carbonyl (C=O) groups is 4. The minimum Gasteiger partial charge on any atom is -0.508 e. The number of ether oxygens (including phenoxy) is 1. The number of ketones is 3. The number of hydrogen-bond donors (Lipinski definition) is 4. The van der Waals surface area contributed by atoms with Crippen LogP contribution in [0.2, 0.25) is 0 Å². The van der Waals surface area contributed by atoms with Crippen molar-refractivity contribution in [2.45, 2.75) is 98.2 Å². The van der Waals surface area contributed by atoms with Gasteiger partial charge in [0.05, 0.1) is 22.5 Å². The molecule has 0 radical (unpaired) electrons. The van der Waals surface area contributed by atoms with Gasteiger partial charge in [0, 0.05) is 11.3 Å². The SMILES string of the molecule is CC(=O)C1=C(O)[C@]2(O)C(=O)C3=C(O)c4c(O)ccc(C)c4[C@@H](C)[C@]3(C)[C@@H](OC(=O)C3CCCCC3)[C@]2(C)C(C(C)C)C1=O. The van der Waals surface area contributed by atoms with Gasteiger partial charge in [0.2, 0.25) is 5.78 Å². The molecular weight excluding hydrogens is 552 g/mol. The smallest absolute Gasteiger partial charge is 0.309 e. The van der Waals surface area contributed by atoms with Crippen LogP contribution >= 0.6 is 0 Å². The number of hydrogen-bond acceptors (Lipinski definition) is 9. The molecule has 1 aromatic carbocycles. The normalized spacial score (nSPS) is 34.6. The van der Waals surface area contributed by atoms with Gasteiger partial charge in [-0.05, 0) is 55.7 Å². The number of phenolic OH excluding ortho intramolecular Hbond substituents is 1. The molecular formula is C34H42O9. The predicted octanol–water partition coefficient (Wildman–Crippen LogP) is 5.16. The summed E-state index contributed by atoms with van der Waals surface area (Å²) < 4.78 is 6.44. The average molecular weight is 595 g/mol. The fraction of sp³-hybridized carbons (Fsp3) is 0.588. The van der Waals surface area contributed by atoms with Crippen molar-refractivity contribution in [1.29, 1.82) is 0 Å². The maximum Gasteiger partial charge on any atom is 0.309 e. The first kappa shape index (κ1) is 31.0. The summed E-state index contributed by atoms with van der Waals surface area (Å²) in [6.07, 6.45) is 2.47. The molecule has 1 aromatic rings. The van der Waals surface area contributed by atoms with E-state index in [-0.39, 0.29) is 16.9 Å². The number of esters is 1. The van der Waals surface area contributed by atoms with Gasteiger partial charge in [0.25, 0.3) is 0 Å². The average Bonchev–Trinajstić information content (AvgIpc) is 2.93. The highest BCUT2D eigenvalue weighted by Gasteiger charge is 2.78. The number of aliphatic hydroxyl groups is 3. The van der Waals surface area contributed by atoms with Crippen LogP contribution in [0.15, 0.2) is 29.0 Å². The zero-order valence-corrected chi connectivity index (χ0v) is 25.9. The molecule has 0 bridgehead atoms. The number of aromatic hydroxyl groups is 1. The third-order valence-electron chi connectivity index (χ3n) is 11.2. The minimum absolute atomic E-state index is 0.0143. The van der Waals surface area contributed by atoms with Crippen molar-refractivity contribution >= 4 is 29.1 Å². The van der Waals surface area contributed by atoms with Gasteiger partial charge in [-0.2, -0.15) is 0 Å². The monoisotopic (exact) mass is 594 g/mol. The van der Waals surface area contributed by atoms with Crippen LogP contribution < -0.4 is 0 Å². The zero-order chi connectivity index (χ0) is 32.0. The Morgan fingerprint density at radius 2 is 1.63 bits per heavy atom. The molecule has 4 N–H and O–H groups in total. The molecule has 0 aromatic heterocycles. The molecule has 2 saturated carbocycles. The highest BCUT2D eigenvalue weighted by molar-refractivity contribution is 6.24. The van der Waals surface area contributed by atoms with Gasteiger partial charge >= 0.3 is 5.97 Å². The lowest BCUT2D eigenvalue weighted by Crippen LogP contribution is -2.76. The zero-order valence-electron chi connectivity index (χ0n) is 25.9. The van der Waals surface area contributed by atoms with Gasteiger partial charge < -0.3 is 25.2 Å². The van der Waals surface area contributed by atoms with Crippen LogP contribution in [0.3, 0.4) is 0 Å². The number of phenols is 1. The Morgan fingerprint density at radius 3 is 2.19 bits per heavy atom. The van der Waals surface area contributed by atoms with Crippen LogP contribution in [0.4, 0.5) is 0 Å². The summed E-state index contributed by atoms with van der Waals surface area (Å²) in [5.74, 6) is -8.09. The number of benzene rings is 1. The van der Waals surface area contributed by atoms with Gasteiger partial charge in [-0.25, -0.2) is 0 Å². The molecule has 2 fully saturated rings. The number of Topliss-reactive ketones (excluding diaryl/α,β-unsaturated/α-hetero) is 3. The van der Waals surface area contributed by atoms with Crippen molar-refractivity contribution in [3.05, 3.63) is 45.7 Å². The minimum atomic E-state index is -2.91. The van der Waals surface area contributed by atoms with Crippen molar-refractivity contribution in [3.8, 4) is 5.75 Å². The standard InChI is InChI=1S/C34H42O9/c1-15(2)24-26(37)22(18(5)35)28(39)34(42)29(40)25-27(38)23-20(36)14-13-16(3)21(23)17(4)32(25,6)31(33(24,34)7)43-30(41)19-11-9-8-10-12-19/h13-15,17,19,24,31,36,38-39,42H,8-12H2,1-7H3/t17-,24?,31-,32+,33+,34+/m1/s1. The molecule has 0 amide bonds. The third kappa shape index (κ3) is 3.79. The van der Waals surface area contributed by atoms with E-state index in [0.717, 1.165) is 26.2 Å². The lowest BCUT2D eigenvalue weighted by atomic mass is 9.40. The van der Waals surface area contributed by atoms with Gasteiger partial charge in [0.1, 0.15) is 28.9 Å². The fourth-order valence-corrected chi connectivity index (χ4v) is 8.97. The lowest BCUT2D eigenvalue weighted by Gasteiger charge is -2.64. The van der Waals surface area contributed by atoms with Gasteiger partial charge in [0.15, 0.2) is 17.2 Å². The molecule has 0 spiro atoms. The Labute approximate surface area is 251 Å². The highest BCUT2D eigenvalue weighted by Crippen LogP contribution is 2.68. The topological polar surface area (TPSA) is 158 Å². The Balaban J connectivity index is 1.91. The molecule has 232 valence electrons. The van der Waals surface area contributed by atoms with Crippen LogP contribution in [0, 0.1) is 35.5 Å². The van der Waals surface area contributed by atoms with E-state index in [9.17, 15) is 39.6 Å². The maximum atomic E-state index is 14.8. The Kier molecular flexibility index (Phi) is 7.24. The van der Waals surface area contributed by atoms with E-state index in [4.69, 9.17) is 4.74 Å². The van der Waals surface area contributed by atoms with Crippen LogP contribution in [-0.2, 0) is 23.9 Å². The summed E-state index contributed by atoms with van der Waals surface area (Å²) >= 11 is 0. The quantitative estimate of drug-likeness (QED) is 0.273.